The average molecular weight is 454 g/mol. The molecule has 9 heteroatoms. The Morgan fingerprint density at radius 1 is 1.10 bits per heavy atom. The predicted molar refractivity (Wildman–Crippen MR) is 123 cm³/mol. The molecule has 158 valence electrons. The molecule has 0 saturated carbocycles. The highest BCUT2D eigenvalue weighted by atomic mass is 32.2. The summed E-state index contributed by atoms with van der Waals surface area (Å²) in [5.41, 5.74) is 2.01. The summed E-state index contributed by atoms with van der Waals surface area (Å²) >= 11 is 1.49. The fourth-order valence-corrected chi connectivity index (χ4v) is 4.92. The van der Waals surface area contributed by atoms with E-state index in [0.717, 1.165) is 10.2 Å². The monoisotopic (exact) mass is 453 g/mol. The van der Waals surface area contributed by atoms with E-state index in [1.165, 1.54) is 17.4 Å². The van der Waals surface area contributed by atoms with Crippen molar-refractivity contribution in [3.63, 3.8) is 0 Å². The van der Waals surface area contributed by atoms with Crippen LogP contribution in [0, 0.1) is 0 Å². The minimum atomic E-state index is -3.44. The second-order valence-electron chi connectivity index (χ2n) is 6.70. The van der Waals surface area contributed by atoms with Crippen molar-refractivity contribution < 1.29 is 17.6 Å². The molecule has 2 heterocycles. The van der Waals surface area contributed by atoms with Gasteiger partial charge in [-0.3, -0.25) is 4.79 Å². The molecule has 0 saturated heterocycles. The van der Waals surface area contributed by atoms with Crippen LogP contribution in [0.25, 0.3) is 21.0 Å². The summed E-state index contributed by atoms with van der Waals surface area (Å²) in [5, 5.41) is 3.45. The van der Waals surface area contributed by atoms with Crippen LogP contribution in [-0.4, -0.2) is 25.9 Å². The van der Waals surface area contributed by atoms with Crippen LogP contribution in [0.15, 0.2) is 77.7 Å². The predicted octanol–water partition coefficient (Wildman–Crippen LogP) is 4.41. The lowest BCUT2D eigenvalue weighted by Crippen LogP contribution is -2.25. The maximum Gasteiger partial charge on any atom is 0.291 e. The number of carbonyl (C=O) groups is 1. The van der Waals surface area contributed by atoms with Gasteiger partial charge < -0.3 is 9.73 Å². The maximum atomic E-state index is 12.5. The molecule has 2 N–H and O–H groups in total. The van der Waals surface area contributed by atoms with Gasteiger partial charge in [-0.15, -0.1) is 17.9 Å². The fourth-order valence-electron chi connectivity index (χ4n) is 2.89. The molecule has 7 nitrogen and oxygen atoms in total. The van der Waals surface area contributed by atoms with Gasteiger partial charge in [0.1, 0.15) is 0 Å². The van der Waals surface area contributed by atoms with E-state index in [0.29, 0.717) is 22.0 Å². The Hall–Kier alpha value is -3.27. The molecule has 0 atom stereocenters. The van der Waals surface area contributed by atoms with Gasteiger partial charge in [0.05, 0.1) is 16.0 Å². The number of nitrogens with zero attached hydrogens (tertiary/aromatic N) is 1. The highest BCUT2D eigenvalue weighted by molar-refractivity contribution is 7.88. The zero-order chi connectivity index (χ0) is 21.8. The summed E-state index contributed by atoms with van der Waals surface area (Å²) in [6, 6.07) is 17.7. The maximum absolute atomic E-state index is 12.5. The van der Waals surface area contributed by atoms with Crippen molar-refractivity contribution in [3.05, 3.63) is 84.6 Å². The number of anilines is 1. The lowest BCUT2D eigenvalue weighted by molar-refractivity contribution is 0.0997. The normalized spacial score (nSPS) is 11.5. The second-order valence-corrected chi connectivity index (χ2v) is 9.54. The molecule has 2 aromatic heterocycles. The van der Waals surface area contributed by atoms with Crippen molar-refractivity contribution in [2.75, 3.05) is 11.9 Å². The molecule has 4 aromatic rings. The van der Waals surface area contributed by atoms with Gasteiger partial charge in [0.25, 0.3) is 5.91 Å². The van der Waals surface area contributed by atoms with Crippen LogP contribution >= 0.6 is 11.3 Å². The van der Waals surface area contributed by atoms with Crippen molar-refractivity contribution in [1.29, 1.82) is 0 Å². The quantitative estimate of drug-likeness (QED) is 0.385. The SMILES string of the molecule is C=CCNS(=O)(=O)Cc1ccc(NC(=O)c2ccc(-c3nc4ccccc4s3)o2)cc1. The largest absolute Gasteiger partial charge is 0.448 e. The first-order valence-corrected chi connectivity index (χ1v) is 11.8. The summed E-state index contributed by atoms with van der Waals surface area (Å²) < 4.78 is 33.0. The third kappa shape index (κ3) is 5.08. The van der Waals surface area contributed by atoms with Crippen LogP contribution in [0.4, 0.5) is 5.69 Å². The van der Waals surface area contributed by atoms with E-state index in [2.05, 4.69) is 21.6 Å². The fraction of sp³-hybridized carbons (Fsp3) is 0.0909. The van der Waals surface area contributed by atoms with E-state index in [1.54, 1.807) is 36.4 Å². The van der Waals surface area contributed by atoms with Crippen LogP contribution in [0.5, 0.6) is 0 Å². The van der Waals surface area contributed by atoms with Gasteiger partial charge in [-0.25, -0.2) is 18.1 Å². The molecule has 0 bridgehead atoms. The highest BCUT2D eigenvalue weighted by Crippen LogP contribution is 2.31. The third-order valence-electron chi connectivity index (χ3n) is 4.35. The van der Waals surface area contributed by atoms with E-state index in [4.69, 9.17) is 4.42 Å². The van der Waals surface area contributed by atoms with E-state index in [1.807, 2.05) is 24.3 Å². The Kier molecular flexibility index (Phi) is 5.99. The van der Waals surface area contributed by atoms with E-state index in [9.17, 15) is 13.2 Å². The van der Waals surface area contributed by atoms with Crippen LogP contribution in [-0.2, 0) is 15.8 Å². The number of benzene rings is 2. The summed E-state index contributed by atoms with van der Waals surface area (Å²) in [6.45, 7) is 3.66. The van der Waals surface area contributed by atoms with Crippen molar-refractivity contribution in [2.24, 2.45) is 0 Å². The second kappa shape index (κ2) is 8.84. The van der Waals surface area contributed by atoms with E-state index in [-0.39, 0.29) is 18.1 Å². The van der Waals surface area contributed by atoms with E-state index < -0.39 is 15.9 Å². The van der Waals surface area contributed by atoms with Crippen LogP contribution < -0.4 is 10.0 Å². The molecule has 0 radical (unpaired) electrons. The summed E-state index contributed by atoms with van der Waals surface area (Å²) in [6.07, 6.45) is 1.48. The van der Waals surface area contributed by atoms with Crippen LogP contribution in [0.3, 0.4) is 0 Å². The molecule has 0 fully saturated rings. The molecule has 0 aliphatic carbocycles. The average Bonchev–Trinajstić information content (AvgIpc) is 3.40. The molecular formula is C22H19N3O4S2. The lowest BCUT2D eigenvalue weighted by Gasteiger charge is -2.07. The van der Waals surface area contributed by atoms with E-state index >= 15 is 0 Å². The lowest BCUT2D eigenvalue weighted by atomic mass is 10.2. The third-order valence-corrected chi connectivity index (χ3v) is 6.72. The molecule has 0 unspecified atom stereocenters. The number of hydrogen-bond donors (Lipinski definition) is 2. The van der Waals surface area contributed by atoms with Gasteiger partial charge in [0.15, 0.2) is 16.5 Å². The molecule has 0 aliphatic rings. The minimum absolute atomic E-state index is 0.154. The molecule has 31 heavy (non-hydrogen) atoms. The number of fused-ring (bicyclic) bond motifs is 1. The van der Waals surface area contributed by atoms with Crippen LogP contribution in [0.1, 0.15) is 16.1 Å². The Morgan fingerprint density at radius 3 is 2.61 bits per heavy atom. The summed E-state index contributed by atoms with van der Waals surface area (Å²) in [4.78, 5) is 17.1. The Morgan fingerprint density at radius 2 is 1.87 bits per heavy atom. The van der Waals surface area contributed by atoms with Gasteiger partial charge in [0, 0.05) is 12.2 Å². The Bertz CT molecular complexity index is 1310. The topological polar surface area (TPSA) is 101 Å². The van der Waals surface area contributed by atoms with Crippen molar-refractivity contribution >= 4 is 43.2 Å². The van der Waals surface area contributed by atoms with Gasteiger partial charge in [-0.2, -0.15) is 0 Å². The smallest absolute Gasteiger partial charge is 0.291 e. The van der Waals surface area contributed by atoms with Crippen molar-refractivity contribution in [3.8, 4) is 10.8 Å². The molecule has 2 aromatic carbocycles. The first-order chi connectivity index (χ1) is 14.9. The molecule has 1 amide bonds. The molecule has 0 aliphatic heterocycles. The number of nitrogens with one attached hydrogen (secondary N) is 2. The number of thiazole rings is 1. The molecular weight excluding hydrogens is 434 g/mol. The van der Waals surface area contributed by atoms with Gasteiger partial charge in [0.2, 0.25) is 10.0 Å². The first kappa shape index (κ1) is 21.0. The number of amides is 1. The molecule has 0 spiro atoms. The zero-order valence-electron chi connectivity index (χ0n) is 16.4. The number of para-hydroxylation sites is 1. The van der Waals surface area contributed by atoms with Gasteiger partial charge in [-0.05, 0) is 42.0 Å². The standard InChI is InChI=1S/C22H19N3O4S2/c1-2-13-23-31(27,28)14-15-7-9-16(10-8-15)24-21(26)18-11-12-19(29-18)22-25-17-5-3-4-6-20(17)30-22/h2-12,23H,1,13-14H2,(H,24,26). The number of aromatic nitrogens is 1. The first-order valence-electron chi connectivity index (χ1n) is 9.38. The minimum Gasteiger partial charge on any atom is -0.448 e. The number of furan rings is 1. The number of sulfonamides is 1. The number of rotatable bonds is 8. The summed E-state index contributed by atoms with van der Waals surface area (Å²) in [7, 11) is -3.44. The van der Waals surface area contributed by atoms with Gasteiger partial charge in [-0.1, -0.05) is 30.3 Å². The Labute approximate surface area is 183 Å². The highest BCUT2D eigenvalue weighted by Gasteiger charge is 2.16. The van der Waals surface area contributed by atoms with Crippen molar-refractivity contribution in [1.82, 2.24) is 9.71 Å². The molecule has 4 rings (SSSR count). The van der Waals surface area contributed by atoms with Gasteiger partial charge >= 0.3 is 0 Å². The zero-order valence-corrected chi connectivity index (χ0v) is 18.0. The number of carbonyl (C=O) groups excluding carboxylic acids is 1. The number of hydrogen-bond acceptors (Lipinski definition) is 6. The van der Waals surface area contributed by atoms with Crippen LogP contribution in [0.2, 0.25) is 0 Å². The summed E-state index contributed by atoms with van der Waals surface area (Å²) in [5.74, 6) is 0.132. The van der Waals surface area contributed by atoms with Crippen molar-refractivity contribution in [2.45, 2.75) is 5.75 Å². The Balaban J connectivity index is 1.42.